The van der Waals surface area contributed by atoms with E-state index in [9.17, 15) is 14.3 Å². The summed E-state index contributed by atoms with van der Waals surface area (Å²) in [5.74, 6) is 0.356. The van der Waals surface area contributed by atoms with Gasteiger partial charge < -0.3 is 24.0 Å². The zero-order valence-corrected chi connectivity index (χ0v) is 23.7. The Morgan fingerprint density at radius 2 is 1.93 bits per heavy atom. The molecule has 4 heterocycles. The van der Waals surface area contributed by atoms with Crippen LogP contribution in [-0.2, 0) is 24.2 Å². The van der Waals surface area contributed by atoms with Crippen molar-refractivity contribution in [1.82, 2.24) is 14.5 Å². The maximum Gasteiger partial charge on any atom is 0.335 e. The van der Waals surface area contributed by atoms with Gasteiger partial charge in [0, 0.05) is 49.6 Å². The van der Waals surface area contributed by atoms with Crippen LogP contribution in [0.3, 0.4) is 0 Å². The lowest BCUT2D eigenvalue weighted by atomic mass is 9.95. The lowest BCUT2D eigenvalue weighted by Crippen LogP contribution is -2.46. The number of benzene rings is 3. The van der Waals surface area contributed by atoms with Gasteiger partial charge in [-0.1, -0.05) is 12.1 Å². The number of carbonyl (C=O) groups is 1. The summed E-state index contributed by atoms with van der Waals surface area (Å²) in [5, 5.41) is 18.6. The van der Waals surface area contributed by atoms with E-state index in [1.807, 2.05) is 18.2 Å². The summed E-state index contributed by atoms with van der Waals surface area (Å²) >= 11 is 0. The average molecular weight is 582 g/mol. The third kappa shape index (κ3) is 5.31. The van der Waals surface area contributed by atoms with Crippen molar-refractivity contribution in [2.45, 2.75) is 44.6 Å². The van der Waals surface area contributed by atoms with Crippen LogP contribution in [0.2, 0.25) is 0 Å². The number of fused-ring (bicyclic) bond motifs is 2. The molecule has 10 heteroatoms. The van der Waals surface area contributed by atoms with Crippen LogP contribution in [0.4, 0.5) is 10.1 Å². The molecule has 0 radical (unpaired) electrons. The lowest BCUT2D eigenvalue weighted by molar-refractivity contribution is -0.0592. The lowest BCUT2D eigenvalue weighted by Gasteiger charge is -2.38. The van der Waals surface area contributed by atoms with Crippen molar-refractivity contribution in [3.05, 3.63) is 88.5 Å². The first-order valence-corrected chi connectivity index (χ1v) is 14.8. The Hall–Kier alpha value is -4.46. The second-order valence-corrected chi connectivity index (χ2v) is 11.4. The zero-order chi connectivity index (χ0) is 29.5. The van der Waals surface area contributed by atoms with Crippen molar-refractivity contribution in [3.63, 3.8) is 0 Å². The normalized spacial score (nSPS) is 20.2. The van der Waals surface area contributed by atoms with Gasteiger partial charge in [0.15, 0.2) is 0 Å². The minimum Gasteiger partial charge on any atom is -0.485 e. The second kappa shape index (κ2) is 11.3. The highest BCUT2D eigenvalue weighted by atomic mass is 19.1. The number of piperazine rings is 1. The van der Waals surface area contributed by atoms with E-state index in [0.717, 1.165) is 79.5 Å². The van der Waals surface area contributed by atoms with E-state index >= 15 is 0 Å². The Bertz CT molecular complexity index is 1740. The van der Waals surface area contributed by atoms with Crippen molar-refractivity contribution in [1.29, 1.82) is 5.26 Å². The molecule has 2 saturated heterocycles. The van der Waals surface area contributed by atoms with Crippen LogP contribution in [0.25, 0.3) is 11.0 Å². The number of nitriles is 1. The molecule has 3 aliphatic rings. The first-order valence-electron chi connectivity index (χ1n) is 14.8. The molecule has 0 aliphatic carbocycles. The Morgan fingerprint density at radius 1 is 1.09 bits per heavy atom. The van der Waals surface area contributed by atoms with E-state index in [1.165, 1.54) is 6.07 Å². The second-order valence-electron chi connectivity index (χ2n) is 11.4. The Labute approximate surface area is 248 Å². The van der Waals surface area contributed by atoms with Gasteiger partial charge in [0.2, 0.25) is 0 Å². The van der Waals surface area contributed by atoms with E-state index in [2.05, 4.69) is 20.4 Å². The number of carboxylic acids is 1. The summed E-state index contributed by atoms with van der Waals surface area (Å²) in [4.78, 5) is 21.3. The smallest absolute Gasteiger partial charge is 0.335 e. The molecular weight excluding hydrogens is 549 g/mol. The van der Waals surface area contributed by atoms with Crippen LogP contribution in [-0.4, -0.2) is 64.4 Å². The number of rotatable bonds is 7. The maximum atomic E-state index is 14.7. The number of anilines is 1. The van der Waals surface area contributed by atoms with Gasteiger partial charge in [0.05, 0.1) is 47.4 Å². The molecule has 43 heavy (non-hydrogen) atoms. The number of ether oxygens (including phenoxy) is 2. The van der Waals surface area contributed by atoms with Crippen molar-refractivity contribution in [2.24, 2.45) is 0 Å². The minimum atomic E-state index is -0.947. The molecule has 7 rings (SSSR count). The summed E-state index contributed by atoms with van der Waals surface area (Å²) < 4.78 is 28.8. The van der Waals surface area contributed by atoms with Crippen LogP contribution in [0, 0.1) is 17.1 Å². The molecule has 0 amide bonds. The standard InChI is InChI=1S/C33H32FN5O4/c34-26-16-21(18-35)4-6-24(26)31-9-7-25-28(2-1-3-30(25)43-31)38-13-11-37(12-14-38)20-32-36-27-8-5-22(33(40)41)17-29(27)39(32)19-23-10-15-42-23/h1-6,8,16-17,23,31H,7,9-15,19-20H2,(H,40,41)/t23-,31-/m0/s1. The van der Waals surface area contributed by atoms with Crippen LogP contribution >= 0.6 is 0 Å². The molecular formula is C33H32FN5O4. The molecule has 9 nitrogen and oxygen atoms in total. The fourth-order valence-corrected chi connectivity index (χ4v) is 6.39. The van der Waals surface area contributed by atoms with Crippen molar-refractivity contribution < 1.29 is 23.8 Å². The van der Waals surface area contributed by atoms with Gasteiger partial charge in [0.25, 0.3) is 0 Å². The minimum absolute atomic E-state index is 0.126. The number of halogens is 1. The number of imidazole rings is 1. The molecule has 3 aromatic carbocycles. The molecule has 0 unspecified atom stereocenters. The highest BCUT2D eigenvalue weighted by molar-refractivity contribution is 5.92. The van der Waals surface area contributed by atoms with Crippen molar-refractivity contribution in [3.8, 4) is 11.8 Å². The van der Waals surface area contributed by atoms with Crippen LogP contribution in [0.15, 0.2) is 54.6 Å². The van der Waals surface area contributed by atoms with E-state index in [-0.39, 0.29) is 17.8 Å². The summed E-state index contributed by atoms with van der Waals surface area (Å²) in [6.45, 7) is 5.50. The monoisotopic (exact) mass is 581 g/mol. The van der Waals surface area contributed by atoms with E-state index in [4.69, 9.17) is 19.7 Å². The maximum absolute atomic E-state index is 14.7. The van der Waals surface area contributed by atoms with Gasteiger partial charge in [-0.05, 0) is 61.7 Å². The SMILES string of the molecule is N#Cc1ccc([C@@H]2CCc3c(cccc3N3CCN(Cc4nc5ccc(C(=O)O)cc5n4C[C@@H]4CCO4)CC3)O2)c(F)c1. The fraction of sp³-hybridized carbons (Fsp3) is 0.364. The highest BCUT2D eigenvalue weighted by Gasteiger charge is 2.29. The van der Waals surface area contributed by atoms with E-state index < -0.39 is 11.8 Å². The molecule has 0 bridgehead atoms. The van der Waals surface area contributed by atoms with Crippen LogP contribution in [0.1, 0.15) is 51.8 Å². The number of aromatic carboxylic acids is 1. The third-order valence-electron chi connectivity index (χ3n) is 8.84. The van der Waals surface area contributed by atoms with Crippen LogP contribution < -0.4 is 9.64 Å². The van der Waals surface area contributed by atoms with Crippen molar-refractivity contribution in [2.75, 3.05) is 37.7 Å². The van der Waals surface area contributed by atoms with Gasteiger partial charge in [-0.25, -0.2) is 14.2 Å². The molecule has 0 spiro atoms. The first kappa shape index (κ1) is 27.4. The summed E-state index contributed by atoms with van der Waals surface area (Å²) in [5.41, 5.74) is 4.98. The predicted octanol–water partition coefficient (Wildman–Crippen LogP) is 4.92. The predicted molar refractivity (Wildman–Crippen MR) is 158 cm³/mol. The van der Waals surface area contributed by atoms with Gasteiger partial charge in [-0.3, -0.25) is 4.90 Å². The summed E-state index contributed by atoms with van der Waals surface area (Å²) in [6.07, 6.45) is 2.17. The number of hydrogen-bond donors (Lipinski definition) is 1. The Kier molecular flexibility index (Phi) is 7.21. The molecule has 2 atom stereocenters. The number of hydrogen-bond acceptors (Lipinski definition) is 7. The van der Waals surface area contributed by atoms with Gasteiger partial charge in [0.1, 0.15) is 23.5 Å². The molecule has 0 saturated carbocycles. The summed E-state index contributed by atoms with van der Waals surface area (Å²) in [7, 11) is 0. The van der Waals surface area contributed by atoms with Crippen LogP contribution in [0.5, 0.6) is 5.75 Å². The molecule has 220 valence electrons. The molecule has 4 aromatic rings. The van der Waals surface area contributed by atoms with E-state index in [0.29, 0.717) is 30.6 Å². The third-order valence-corrected chi connectivity index (χ3v) is 8.84. The molecule has 2 fully saturated rings. The van der Waals surface area contributed by atoms with Gasteiger partial charge in [-0.2, -0.15) is 5.26 Å². The number of aromatic nitrogens is 2. The first-order chi connectivity index (χ1) is 21.0. The Morgan fingerprint density at radius 3 is 2.65 bits per heavy atom. The zero-order valence-electron chi connectivity index (χ0n) is 23.7. The molecule has 3 aliphatic heterocycles. The molecule has 1 N–H and O–H groups in total. The van der Waals surface area contributed by atoms with Crippen molar-refractivity contribution >= 4 is 22.7 Å². The number of carboxylic acid groups (broad SMARTS) is 1. The number of nitrogens with zero attached hydrogens (tertiary/aromatic N) is 5. The average Bonchev–Trinajstić information content (AvgIpc) is 3.34. The molecule has 1 aromatic heterocycles. The largest absolute Gasteiger partial charge is 0.485 e. The van der Waals surface area contributed by atoms with Gasteiger partial charge >= 0.3 is 5.97 Å². The quantitative estimate of drug-likeness (QED) is 0.328. The summed E-state index contributed by atoms with van der Waals surface area (Å²) in [6, 6.07) is 17.7. The van der Waals surface area contributed by atoms with Gasteiger partial charge in [-0.15, -0.1) is 0 Å². The van der Waals surface area contributed by atoms with E-state index in [1.54, 1.807) is 30.3 Å². The fourth-order valence-electron chi connectivity index (χ4n) is 6.39. The highest BCUT2D eigenvalue weighted by Crippen LogP contribution is 2.40. The topological polar surface area (TPSA) is 104 Å². The Balaban J connectivity index is 1.05.